The van der Waals surface area contributed by atoms with Gasteiger partial charge >= 0.3 is 0 Å². The quantitative estimate of drug-likeness (QED) is 0.337. The van der Waals surface area contributed by atoms with Gasteiger partial charge in [0.2, 0.25) is 0 Å². The van der Waals surface area contributed by atoms with Crippen LogP contribution in [0.25, 0.3) is 0 Å². The standard InChI is InChI=1S/C24H34OS/c1-19(2)10-8-11-20(3)12-9-16-24(18-25-24)22-15-17-23(22,4)26-21-13-6-5-7-14-21/h5-7,10,12-14,22H,8-9,11,15-18H2,1-4H3/b20-12+/t22-,23-,24+/m0/s1. The zero-order valence-corrected chi connectivity index (χ0v) is 17.7. The van der Waals surface area contributed by atoms with E-state index in [-0.39, 0.29) is 5.60 Å². The number of hydrogen-bond donors (Lipinski definition) is 0. The molecule has 3 atom stereocenters. The summed E-state index contributed by atoms with van der Waals surface area (Å²) in [5.41, 5.74) is 3.10. The van der Waals surface area contributed by atoms with Crippen LogP contribution in [0, 0.1) is 5.92 Å². The molecule has 3 rings (SSSR count). The summed E-state index contributed by atoms with van der Waals surface area (Å²) in [6.45, 7) is 10.0. The van der Waals surface area contributed by atoms with E-state index in [0.29, 0.717) is 10.7 Å². The van der Waals surface area contributed by atoms with E-state index < -0.39 is 0 Å². The minimum Gasteiger partial charge on any atom is -0.369 e. The van der Waals surface area contributed by atoms with Crippen molar-refractivity contribution in [2.75, 3.05) is 6.61 Å². The number of ether oxygens (including phenoxy) is 1. The van der Waals surface area contributed by atoms with Gasteiger partial charge < -0.3 is 4.74 Å². The summed E-state index contributed by atoms with van der Waals surface area (Å²) in [6, 6.07) is 10.9. The van der Waals surface area contributed by atoms with Crippen molar-refractivity contribution >= 4 is 11.8 Å². The Balaban J connectivity index is 1.52. The molecule has 1 saturated heterocycles. The number of allylic oxidation sites excluding steroid dienone is 4. The topological polar surface area (TPSA) is 12.5 Å². The van der Waals surface area contributed by atoms with Gasteiger partial charge in [-0.25, -0.2) is 0 Å². The maximum Gasteiger partial charge on any atom is 0.0960 e. The van der Waals surface area contributed by atoms with Crippen LogP contribution in [0.4, 0.5) is 0 Å². The van der Waals surface area contributed by atoms with Crippen molar-refractivity contribution in [2.45, 2.75) is 81.5 Å². The van der Waals surface area contributed by atoms with Crippen molar-refractivity contribution in [3.63, 3.8) is 0 Å². The van der Waals surface area contributed by atoms with Gasteiger partial charge in [-0.05, 0) is 78.4 Å². The first-order valence-corrected chi connectivity index (χ1v) is 10.9. The third-order valence-corrected chi connectivity index (χ3v) is 7.53. The summed E-state index contributed by atoms with van der Waals surface area (Å²) in [4.78, 5) is 1.39. The average Bonchev–Trinajstić information content (AvgIpc) is 3.34. The summed E-state index contributed by atoms with van der Waals surface area (Å²) < 4.78 is 6.41. The molecule has 1 heterocycles. The molecule has 1 saturated carbocycles. The fourth-order valence-corrected chi connectivity index (χ4v) is 5.79. The monoisotopic (exact) mass is 370 g/mol. The summed E-state index contributed by atoms with van der Waals surface area (Å²) in [5.74, 6) is 0.694. The zero-order chi connectivity index (χ0) is 18.6. The van der Waals surface area contributed by atoms with E-state index in [2.05, 4.69) is 81.9 Å². The molecule has 0 unspecified atom stereocenters. The van der Waals surface area contributed by atoms with Gasteiger partial charge in [0, 0.05) is 15.6 Å². The summed E-state index contributed by atoms with van der Waals surface area (Å²) in [5, 5.41) is 0. The first-order chi connectivity index (χ1) is 12.4. The molecule has 1 aliphatic carbocycles. The molecule has 0 spiro atoms. The highest BCUT2D eigenvalue weighted by Crippen LogP contribution is 2.60. The first kappa shape index (κ1) is 19.8. The number of hydrogen-bond acceptors (Lipinski definition) is 2. The molecule has 0 aromatic heterocycles. The van der Waals surface area contributed by atoms with Gasteiger partial charge in [0.15, 0.2) is 0 Å². The lowest BCUT2D eigenvalue weighted by atomic mass is 9.66. The van der Waals surface area contributed by atoms with E-state index in [1.54, 1.807) is 0 Å². The molecule has 1 aromatic carbocycles. The largest absolute Gasteiger partial charge is 0.369 e. The van der Waals surface area contributed by atoms with Crippen LogP contribution in [0.3, 0.4) is 0 Å². The lowest BCUT2D eigenvalue weighted by Crippen LogP contribution is -2.49. The first-order valence-electron chi connectivity index (χ1n) is 10.1. The Bertz CT molecular complexity index is 652. The van der Waals surface area contributed by atoms with Gasteiger partial charge in [-0.3, -0.25) is 0 Å². The van der Waals surface area contributed by atoms with Crippen LogP contribution in [0.1, 0.15) is 66.2 Å². The Hall–Kier alpha value is -0.990. The molecular weight excluding hydrogens is 336 g/mol. The van der Waals surface area contributed by atoms with Crippen LogP contribution >= 0.6 is 11.8 Å². The third kappa shape index (κ3) is 4.84. The molecule has 0 amide bonds. The van der Waals surface area contributed by atoms with E-state index in [9.17, 15) is 0 Å². The molecule has 142 valence electrons. The number of thioether (sulfide) groups is 1. The Morgan fingerprint density at radius 1 is 1.15 bits per heavy atom. The van der Waals surface area contributed by atoms with Crippen LogP contribution in [0.5, 0.6) is 0 Å². The highest BCUT2D eigenvalue weighted by atomic mass is 32.2. The molecule has 26 heavy (non-hydrogen) atoms. The second-order valence-corrected chi connectivity index (χ2v) is 10.2. The molecule has 1 nitrogen and oxygen atoms in total. The number of benzene rings is 1. The van der Waals surface area contributed by atoms with Crippen molar-refractivity contribution in [3.05, 3.63) is 53.6 Å². The van der Waals surface area contributed by atoms with Crippen LogP contribution in [0.15, 0.2) is 58.5 Å². The van der Waals surface area contributed by atoms with Crippen molar-refractivity contribution in [2.24, 2.45) is 5.92 Å². The minimum absolute atomic E-state index is 0.158. The highest BCUT2D eigenvalue weighted by Gasteiger charge is 2.61. The molecule has 2 heteroatoms. The predicted octanol–water partition coefficient (Wildman–Crippen LogP) is 7.19. The zero-order valence-electron chi connectivity index (χ0n) is 16.9. The van der Waals surface area contributed by atoms with Gasteiger partial charge in [-0.1, -0.05) is 41.5 Å². The predicted molar refractivity (Wildman–Crippen MR) is 114 cm³/mol. The van der Waals surface area contributed by atoms with E-state index in [0.717, 1.165) is 13.0 Å². The SMILES string of the molecule is CC(C)=CCC/C(C)=C/CC[C@]1([C@H]2CC[C@]2(C)Sc2ccccc2)CO1. The van der Waals surface area contributed by atoms with Crippen LogP contribution in [0.2, 0.25) is 0 Å². The van der Waals surface area contributed by atoms with Crippen molar-refractivity contribution < 1.29 is 4.74 Å². The van der Waals surface area contributed by atoms with Crippen LogP contribution < -0.4 is 0 Å². The molecule has 0 N–H and O–H groups in total. The summed E-state index contributed by atoms with van der Waals surface area (Å²) >= 11 is 2.06. The van der Waals surface area contributed by atoms with Gasteiger partial charge in [0.25, 0.3) is 0 Å². The molecular formula is C24H34OS. The van der Waals surface area contributed by atoms with Gasteiger partial charge in [-0.15, -0.1) is 11.8 Å². The van der Waals surface area contributed by atoms with Gasteiger partial charge in [-0.2, -0.15) is 0 Å². The molecule has 2 aliphatic rings. The Labute approximate surface area is 164 Å². The molecule has 1 aromatic rings. The fourth-order valence-electron chi connectivity index (χ4n) is 4.26. The maximum absolute atomic E-state index is 6.08. The third-order valence-electron chi connectivity index (χ3n) is 6.06. The van der Waals surface area contributed by atoms with Crippen molar-refractivity contribution in [1.29, 1.82) is 0 Å². The van der Waals surface area contributed by atoms with E-state index in [4.69, 9.17) is 4.74 Å². The summed E-state index contributed by atoms with van der Waals surface area (Å²) in [6.07, 6.45) is 12.1. The Morgan fingerprint density at radius 3 is 2.46 bits per heavy atom. The number of rotatable bonds is 9. The van der Waals surface area contributed by atoms with Gasteiger partial charge in [0.05, 0.1) is 12.2 Å². The highest BCUT2D eigenvalue weighted by molar-refractivity contribution is 8.00. The van der Waals surface area contributed by atoms with Crippen LogP contribution in [-0.4, -0.2) is 17.0 Å². The minimum atomic E-state index is 0.158. The molecule has 0 bridgehead atoms. The Kier molecular flexibility index (Phi) is 6.35. The second-order valence-electron chi connectivity index (χ2n) is 8.58. The normalized spacial score (nSPS) is 30.6. The van der Waals surface area contributed by atoms with Crippen molar-refractivity contribution in [3.8, 4) is 0 Å². The number of epoxide rings is 1. The Morgan fingerprint density at radius 2 is 1.88 bits per heavy atom. The maximum atomic E-state index is 6.08. The van der Waals surface area contributed by atoms with E-state index in [1.807, 2.05) is 0 Å². The second kappa shape index (κ2) is 8.35. The molecule has 0 radical (unpaired) electrons. The summed E-state index contributed by atoms with van der Waals surface area (Å²) in [7, 11) is 0. The van der Waals surface area contributed by atoms with E-state index in [1.165, 1.54) is 48.1 Å². The molecule has 2 fully saturated rings. The lowest BCUT2D eigenvalue weighted by molar-refractivity contribution is 0.0981. The van der Waals surface area contributed by atoms with Crippen molar-refractivity contribution in [1.82, 2.24) is 0 Å². The molecule has 1 aliphatic heterocycles. The average molecular weight is 371 g/mol. The van der Waals surface area contributed by atoms with Crippen LogP contribution in [-0.2, 0) is 4.74 Å². The van der Waals surface area contributed by atoms with E-state index >= 15 is 0 Å². The smallest absolute Gasteiger partial charge is 0.0960 e. The lowest BCUT2D eigenvalue weighted by Gasteiger charge is -2.49. The fraction of sp³-hybridized carbons (Fsp3) is 0.583. The van der Waals surface area contributed by atoms with Gasteiger partial charge in [0.1, 0.15) is 0 Å².